The monoisotopic (exact) mass is 265 g/mol. The summed E-state index contributed by atoms with van der Waals surface area (Å²) in [5.74, 6) is -1.29. The van der Waals surface area contributed by atoms with Gasteiger partial charge in [0, 0.05) is 19.7 Å². The number of alkyl halides is 3. The smallest absolute Gasteiger partial charge is 0.451 e. The van der Waals surface area contributed by atoms with E-state index in [0.29, 0.717) is 6.54 Å². The van der Waals surface area contributed by atoms with E-state index < -0.39 is 12.0 Å². The molecule has 5 nitrogen and oxygen atoms in total. The SMILES string of the molecule is CCNc1cc(OCCOC)nc(C(F)(F)F)n1. The van der Waals surface area contributed by atoms with Crippen molar-refractivity contribution in [3.8, 4) is 5.88 Å². The Morgan fingerprint density at radius 1 is 1.28 bits per heavy atom. The maximum absolute atomic E-state index is 12.5. The van der Waals surface area contributed by atoms with Crippen LogP contribution in [0.2, 0.25) is 0 Å². The van der Waals surface area contributed by atoms with Crippen LogP contribution in [0.4, 0.5) is 19.0 Å². The number of hydrogen-bond acceptors (Lipinski definition) is 5. The third-order valence-electron chi connectivity index (χ3n) is 1.85. The Labute approximate surface area is 102 Å². The normalized spacial score (nSPS) is 11.4. The van der Waals surface area contributed by atoms with Gasteiger partial charge in [-0.3, -0.25) is 0 Å². The molecule has 0 aromatic carbocycles. The molecule has 0 saturated heterocycles. The molecule has 1 rings (SSSR count). The third-order valence-corrected chi connectivity index (χ3v) is 1.85. The molecule has 0 aliphatic heterocycles. The molecule has 1 aromatic heterocycles. The van der Waals surface area contributed by atoms with Crippen LogP contribution in [0.15, 0.2) is 6.07 Å². The first kappa shape index (κ1) is 14.5. The largest absolute Gasteiger partial charge is 0.475 e. The molecule has 0 radical (unpaired) electrons. The maximum Gasteiger partial charge on any atom is 0.451 e. The molecule has 0 atom stereocenters. The minimum absolute atomic E-state index is 0.0761. The zero-order valence-corrected chi connectivity index (χ0v) is 10.0. The average Bonchev–Trinajstić information content (AvgIpc) is 2.28. The number of nitrogens with zero attached hydrogens (tertiary/aromatic N) is 2. The number of aromatic nitrogens is 2. The Balaban J connectivity index is 2.91. The summed E-state index contributed by atoms with van der Waals surface area (Å²) in [4.78, 5) is 6.67. The number of hydrogen-bond donors (Lipinski definition) is 1. The second-order valence-corrected chi connectivity index (χ2v) is 3.28. The zero-order chi connectivity index (χ0) is 13.6. The van der Waals surface area contributed by atoms with Gasteiger partial charge in [-0.25, -0.2) is 4.98 Å². The van der Waals surface area contributed by atoms with Crippen LogP contribution in [-0.2, 0) is 10.9 Å². The molecule has 8 heteroatoms. The van der Waals surface area contributed by atoms with Crippen molar-refractivity contribution in [3.63, 3.8) is 0 Å². The fourth-order valence-electron chi connectivity index (χ4n) is 1.13. The number of ether oxygens (including phenoxy) is 2. The van der Waals surface area contributed by atoms with Gasteiger partial charge < -0.3 is 14.8 Å². The van der Waals surface area contributed by atoms with Gasteiger partial charge in [0.25, 0.3) is 0 Å². The van der Waals surface area contributed by atoms with E-state index in [1.807, 2.05) is 0 Å². The van der Waals surface area contributed by atoms with E-state index in [-0.39, 0.29) is 24.9 Å². The van der Waals surface area contributed by atoms with Gasteiger partial charge in [0.15, 0.2) is 0 Å². The van der Waals surface area contributed by atoms with E-state index in [1.165, 1.54) is 13.2 Å². The maximum atomic E-state index is 12.5. The molecule has 1 heterocycles. The summed E-state index contributed by atoms with van der Waals surface area (Å²) in [6, 6.07) is 1.31. The highest BCUT2D eigenvalue weighted by molar-refractivity contribution is 5.38. The molecule has 1 aromatic rings. The third kappa shape index (κ3) is 4.36. The lowest BCUT2D eigenvalue weighted by Crippen LogP contribution is -2.15. The topological polar surface area (TPSA) is 56.3 Å². The standard InChI is InChI=1S/C10H14F3N3O2/c1-3-14-7-6-8(18-5-4-17-2)16-9(15-7)10(11,12)13/h6H,3-5H2,1-2H3,(H,14,15,16). The summed E-state index contributed by atoms with van der Waals surface area (Å²) < 4.78 is 47.4. The summed E-state index contributed by atoms with van der Waals surface area (Å²) in [5.41, 5.74) is 0. The van der Waals surface area contributed by atoms with Crippen molar-refractivity contribution in [2.24, 2.45) is 0 Å². The van der Waals surface area contributed by atoms with Crippen LogP contribution < -0.4 is 10.1 Å². The van der Waals surface area contributed by atoms with Crippen LogP contribution in [0, 0.1) is 0 Å². The minimum atomic E-state index is -4.61. The van der Waals surface area contributed by atoms with Gasteiger partial charge in [0.05, 0.1) is 6.61 Å². The lowest BCUT2D eigenvalue weighted by Gasteiger charge is -2.11. The highest BCUT2D eigenvalue weighted by atomic mass is 19.4. The second kappa shape index (κ2) is 6.39. The summed E-state index contributed by atoms with van der Waals surface area (Å²) in [6.45, 7) is 2.59. The summed E-state index contributed by atoms with van der Waals surface area (Å²) >= 11 is 0. The Kier molecular flexibility index (Phi) is 5.14. The van der Waals surface area contributed by atoms with Crippen LogP contribution in [0.5, 0.6) is 5.88 Å². The lowest BCUT2D eigenvalue weighted by atomic mass is 10.5. The van der Waals surface area contributed by atoms with E-state index in [9.17, 15) is 13.2 Å². The van der Waals surface area contributed by atoms with Gasteiger partial charge in [0.1, 0.15) is 12.4 Å². The number of halogens is 3. The van der Waals surface area contributed by atoms with Crippen molar-refractivity contribution < 1.29 is 22.6 Å². The number of anilines is 1. The van der Waals surface area contributed by atoms with Crippen LogP contribution in [-0.4, -0.2) is 36.8 Å². The molecule has 0 amide bonds. The molecule has 0 spiro atoms. The fourth-order valence-corrected chi connectivity index (χ4v) is 1.13. The van der Waals surface area contributed by atoms with Crippen LogP contribution in [0.1, 0.15) is 12.7 Å². The van der Waals surface area contributed by atoms with Crippen molar-refractivity contribution in [2.45, 2.75) is 13.1 Å². The Morgan fingerprint density at radius 2 is 2.00 bits per heavy atom. The van der Waals surface area contributed by atoms with E-state index in [2.05, 4.69) is 15.3 Å². The van der Waals surface area contributed by atoms with Crippen molar-refractivity contribution in [1.29, 1.82) is 0 Å². The summed E-state index contributed by atoms with van der Waals surface area (Å²) in [7, 11) is 1.47. The van der Waals surface area contributed by atoms with Gasteiger partial charge in [-0.1, -0.05) is 0 Å². The van der Waals surface area contributed by atoms with Crippen molar-refractivity contribution in [1.82, 2.24) is 9.97 Å². The molecule has 0 bridgehead atoms. The molecule has 1 N–H and O–H groups in total. The molecule has 0 fully saturated rings. The average molecular weight is 265 g/mol. The molecule has 0 saturated carbocycles. The van der Waals surface area contributed by atoms with Gasteiger partial charge >= 0.3 is 6.18 Å². The Morgan fingerprint density at radius 3 is 2.56 bits per heavy atom. The molecule has 0 aliphatic carbocycles. The van der Waals surface area contributed by atoms with E-state index >= 15 is 0 Å². The summed E-state index contributed by atoms with van der Waals surface area (Å²) in [6.07, 6.45) is -4.61. The van der Waals surface area contributed by atoms with Crippen molar-refractivity contribution >= 4 is 5.82 Å². The lowest BCUT2D eigenvalue weighted by molar-refractivity contribution is -0.145. The van der Waals surface area contributed by atoms with E-state index in [4.69, 9.17) is 9.47 Å². The molecular formula is C10H14F3N3O2. The van der Waals surface area contributed by atoms with Gasteiger partial charge in [-0.15, -0.1) is 0 Å². The number of nitrogens with one attached hydrogen (secondary N) is 1. The first-order chi connectivity index (χ1) is 8.47. The molecular weight excluding hydrogens is 251 g/mol. The Bertz CT molecular complexity index is 385. The minimum Gasteiger partial charge on any atom is -0.475 e. The van der Waals surface area contributed by atoms with Crippen LogP contribution in [0.25, 0.3) is 0 Å². The summed E-state index contributed by atoms with van der Waals surface area (Å²) in [5, 5.41) is 2.69. The van der Waals surface area contributed by atoms with Crippen LogP contribution in [0.3, 0.4) is 0 Å². The predicted molar refractivity (Wildman–Crippen MR) is 58.6 cm³/mol. The number of methoxy groups -OCH3 is 1. The first-order valence-electron chi connectivity index (χ1n) is 5.29. The molecule has 102 valence electrons. The Hall–Kier alpha value is -1.57. The fraction of sp³-hybridized carbons (Fsp3) is 0.600. The quantitative estimate of drug-likeness (QED) is 0.797. The van der Waals surface area contributed by atoms with E-state index in [1.54, 1.807) is 6.92 Å². The van der Waals surface area contributed by atoms with Gasteiger partial charge in [-0.05, 0) is 6.92 Å². The van der Waals surface area contributed by atoms with Crippen LogP contribution >= 0.6 is 0 Å². The zero-order valence-electron chi connectivity index (χ0n) is 10.0. The number of rotatable bonds is 6. The predicted octanol–water partition coefficient (Wildman–Crippen LogP) is 1.95. The van der Waals surface area contributed by atoms with E-state index in [0.717, 1.165) is 0 Å². The molecule has 0 aliphatic rings. The van der Waals surface area contributed by atoms with Crippen molar-refractivity contribution in [3.05, 3.63) is 11.9 Å². The van der Waals surface area contributed by atoms with Gasteiger partial charge in [-0.2, -0.15) is 18.2 Å². The first-order valence-corrected chi connectivity index (χ1v) is 5.29. The molecule has 18 heavy (non-hydrogen) atoms. The highest BCUT2D eigenvalue weighted by Crippen LogP contribution is 2.28. The van der Waals surface area contributed by atoms with Gasteiger partial charge in [0.2, 0.25) is 11.7 Å². The second-order valence-electron chi connectivity index (χ2n) is 3.28. The van der Waals surface area contributed by atoms with Crippen molar-refractivity contribution in [2.75, 3.05) is 32.2 Å². The highest BCUT2D eigenvalue weighted by Gasteiger charge is 2.35. The molecule has 0 unspecified atom stereocenters.